The quantitative estimate of drug-likeness (QED) is 0.412. The monoisotopic (exact) mass is 181 g/mol. The molecule has 1 aliphatic rings. The molecule has 0 radical (unpaired) electrons. The summed E-state index contributed by atoms with van der Waals surface area (Å²) < 4.78 is 5.13. The summed E-state index contributed by atoms with van der Waals surface area (Å²) in [6.45, 7) is -2.29. The molecule has 70 valence electrons. The highest BCUT2D eigenvalue weighted by molar-refractivity contribution is 6.74. The van der Waals surface area contributed by atoms with Crippen molar-refractivity contribution in [1.82, 2.24) is 0 Å². The first kappa shape index (κ1) is 8.71. The Morgan fingerprint density at radius 2 is 2.23 bits per heavy atom. The van der Waals surface area contributed by atoms with Crippen LogP contribution in [0.4, 0.5) is 0 Å². The van der Waals surface area contributed by atoms with Gasteiger partial charge in [0.2, 0.25) is 0 Å². The zero-order valence-electron chi connectivity index (χ0n) is 7.10. The highest BCUT2D eigenvalue weighted by Crippen LogP contribution is 2.25. The molecule has 0 fully saturated rings. The van der Waals surface area contributed by atoms with Gasteiger partial charge in [0, 0.05) is 6.54 Å². The number of hydrogen-bond acceptors (Lipinski definition) is 3. The Hall–Kier alpha value is -0.875. The van der Waals surface area contributed by atoms with Gasteiger partial charge in [-0.05, 0) is 11.0 Å². The van der Waals surface area contributed by atoms with Crippen molar-refractivity contribution in [2.24, 2.45) is 5.73 Å². The van der Waals surface area contributed by atoms with Crippen LogP contribution in [0.5, 0.6) is 0 Å². The average molecular weight is 181 g/mol. The van der Waals surface area contributed by atoms with Gasteiger partial charge >= 0.3 is 6.75 Å². The molecule has 2 rings (SSSR count). The standard InChI is InChI=1S/C8H12BNO3/c10-5-8-6-3-1-2-4-7(6)9(11,12)13-8/h1-4,8,11H,5,10,12H2. The van der Waals surface area contributed by atoms with Crippen molar-refractivity contribution in [2.45, 2.75) is 6.10 Å². The lowest BCUT2D eigenvalue weighted by Gasteiger charge is -2.17. The molecule has 1 aliphatic heterocycles. The fourth-order valence-electron chi connectivity index (χ4n) is 1.73. The van der Waals surface area contributed by atoms with E-state index in [4.69, 9.17) is 15.4 Å². The fraction of sp³-hybridized carbons (Fsp3) is 0.250. The van der Waals surface area contributed by atoms with Crippen LogP contribution in [0, 0.1) is 0 Å². The second kappa shape index (κ2) is 2.82. The van der Waals surface area contributed by atoms with Gasteiger partial charge in [-0.2, -0.15) is 0 Å². The summed E-state index contributed by atoms with van der Waals surface area (Å²) in [5, 5.41) is 17.1. The molecule has 0 aliphatic carbocycles. The van der Waals surface area contributed by atoms with Crippen molar-refractivity contribution in [3.8, 4) is 0 Å². The smallest absolute Gasteiger partial charge is 0.596 e. The number of nitrogens with two attached hydrogens (primary N) is 1. The van der Waals surface area contributed by atoms with E-state index in [0.29, 0.717) is 12.0 Å². The van der Waals surface area contributed by atoms with Crippen LogP contribution >= 0.6 is 0 Å². The SMILES string of the molecule is NCC1O[B-](O)([OH2+])c2ccccc21. The third-order valence-corrected chi connectivity index (χ3v) is 2.34. The summed E-state index contributed by atoms with van der Waals surface area (Å²) >= 11 is 0. The molecule has 4 nitrogen and oxygen atoms in total. The predicted octanol–water partition coefficient (Wildman–Crippen LogP) is -1.42. The minimum atomic E-state index is -2.58. The molecular weight excluding hydrogens is 169 g/mol. The first-order valence-electron chi connectivity index (χ1n) is 4.24. The van der Waals surface area contributed by atoms with Gasteiger partial charge in [0.1, 0.15) is 0 Å². The molecule has 0 saturated heterocycles. The predicted molar refractivity (Wildman–Crippen MR) is 50.5 cm³/mol. The van der Waals surface area contributed by atoms with Gasteiger partial charge in [-0.15, -0.1) is 0 Å². The highest BCUT2D eigenvalue weighted by Gasteiger charge is 2.44. The van der Waals surface area contributed by atoms with E-state index < -0.39 is 6.75 Å². The zero-order valence-corrected chi connectivity index (χ0v) is 7.10. The topological polar surface area (TPSA) is 78.4 Å². The lowest BCUT2D eigenvalue weighted by Crippen LogP contribution is -2.47. The van der Waals surface area contributed by atoms with E-state index in [1.807, 2.05) is 12.1 Å². The number of hydrogen-bond donors (Lipinski definition) is 2. The summed E-state index contributed by atoms with van der Waals surface area (Å²) in [7, 11) is 0. The summed E-state index contributed by atoms with van der Waals surface area (Å²) in [6, 6.07) is 7.17. The molecule has 1 aromatic rings. The molecule has 2 atom stereocenters. The van der Waals surface area contributed by atoms with Crippen LogP contribution in [-0.2, 0) is 4.65 Å². The fourth-order valence-corrected chi connectivity index (χ4v) is 1.73. The van der Waals surface area contributed by atoms with E-state index in [-0.39, 0.29) is 6.10 Å². The second-order valence-corrected chi connectivity index (χ2v) is 3.23. The van der Waals surface area contributed by atoms with Gasteiger partial charge in [0.15, 0.2) is 0 Å². The van der Waals surface area contributed by atoms with Gasteiger partial charge in [-0.3, -0.25) is 0 Å². The number of rotatable bonds is 1. The lowest BCUT2D eigenvalue weighted by molar-refractivity contribution is 0.121. The molecule has 0 bridgehead atoms. The van der Waals surface area contributed by atoms with Gasteiger partial charge in [0.05, 0.1) is 6.10 Å². The first-order valence-corrected chi connectivity index (χ1v) is 4.24. The maximum Gasteiger partial charge on any atom is 0.596 e. The van der Waals surface area contributed by atoms with Gasteiger partial charge in [-0.25, -0.2) is 0 Å². The molecule has 0 spiro atoms. The summed E-state index contributed by atoms with van der Waals surface area (Å²) in [5.74, 6) is 0. The normalized spacial score (nSPS) is 31.8. The molecule has 5 N–H and O–H groups in total. The van der Waals surface area contributed by atoms with Crippen molar-refractivity contribution >= 4 is 12.2 Å². The van der Waals surface area contributed by atoms with Crippen LogP contribution in [0.1, 0.15) is 11.7 Å². The number of fused-ring (bicyclic) bond motifs is 1. The van der Waals surface area contributed by atoms with Crippen LogP contribution in [-0.4, -0.2) is 23.3 Å². The molecular formula is C8H12BNO3. The van der Waals surface area contributed by atoms with Crippen LogP contribution < -0.4 is 11.2 Å². The zero-order chi connectivity index (χ0) is 9.47. The van der Waals surface area contributed by atoms with E-state index in [1.165, 1.54) is 0 Å². The second-order valence-electron chi connectivity index (χ2n) is 3.23. The average Bonchev–Trinajstić information content (AvgIpc) is 2.39. The molecule has 1 heterocycles. The van der Waals surface area contributed by atoms with Crippen molar-refractivity contribution in [3.63, 3.8) is 0 Å². The Morgan fingerprint density at radius 1 is 1.54 bits per heavy atom. The third kappa shape index (κ3) is 1.26. The van der Waals surface area contributed by atoms with Crippen LogP contribution in [0.2, 0.25) is 0 Å². The maximum atomic E-state index is 9.60. The van der Waals surface area contributed by atoms with Crippen molar-refractivity contribution < 1.29 is 14.7 Å². The van der Waals surface area contributed by atoms with Gasteiger partial charge in [0.25, 0.3) is 0 Å². The van der Waals surface area contributed by atoms with Crippen LogP contribution in [0.25, 0.3) is 0 Å². The largest absolute Gasteiger partial charge is 0.640 e. The van der Waals surface area contributed by atoms with Crippen LogP contribution in [0.3, 0.4) is 0 Å². The minimum absolute atomic E-state index is 0.292. The van der Waals surface area contributed by atoms with Crippen molar-refractivity contribution in [2.75, 3.05) is 6.54 Å². The van der Waals surface area contributed by atoms with Crippen molar-refractivity contribution in [1.29, 1.82) is 0 Å². The lowest BCUT2D eigenvalue weighted by atomic mass is 9.71. The summed E-state index contributed by atoms with van der Waals surface area (Å²) in [4.78, 5) is 0. The Balaban J connectivity index is 2.51. The van der Waals surface area contributed by atoms with Crippen molar-refractivity contribution in [3.05, 3.63) is 29.8 Å². The molecule has 2 unspecified atom stereocenters. The Bertz CT molecular complexity index is 329. The van der Waals surface area contributed by atoms with Gasteiger partial charge < -0.3 is 20.4 Å². The number of benzene rings is 1. The molecule has 0 saturated carbocycles. The molecule has 13 heavy (non-hydrogen) atoms. The third-order valence-electron chi connectivity index (χ3n) is 2.34. The Labute approximate surface area is 76.0 Å². The van der Waals surface area contributed by atoms with E-state index in [0.717, 1.165) is 5.56 Å². The molecule has 0 amide bonds. The van der Waals surface area contributed by atoms with E-state index in [2.05, 4.69) is 0 Å². The Morgan fingerprint density at radius 3 is 2.92 bits per heavy atom. The van der Waals surface area contributed by atoms with Crippen LogP contribution in [0.15, 0.2) is 24.3 Å². The molecule has 1 aromatic carbocycles. The Kier molecular flexibility index (Phi) is 1.89. The maximum absolute atomic E-state index is 9.60. The molecule has 5 heteroatoms. The summed E-state index contributed by atoms with van der Waals surface area (Å²) in [5.41, 5.74) is 6.85. The van der Waals surface area contributed by atoms with Gasteiger partial charge in [-0.1, -0.05) is 24.3 Å². The van der Waals surface area contributed by atoms with E-state index in [9.17, 15) is 5.02 Å². The summed E-state index contributed by atoms with van der Waals surface area (Å²) in [6.07, 6.45) is -0.335. The van der Waals surface area contributed by atoms with E-state index >= 15 is 0 Å². The highest BCUT2D eigenvalue weighted by atomic mass is 16.6. The molecule has 0 aromatic heterocycles. The van der Waals surface area contributed by atoms with E-state index in [1.54, 1.807) is 12.1 Å². The minimum Gasteiger partial charge on any atom is -0.640 e. The first-order chi connectivity index (χ1) is 6.15.